The molecule has 0 aliphatic carbocycles. The number of carbonyl (C=O) groups excluding carboxylic acids is 1. The summed E-state index contributed by atoms with van der Waals surface area (Å²) in [5.41, 5.74) is 6.45. The van der Waals surface area contributed by atoms with E-state index in [1.807, 2.05) is 0 Å². The molecule has 0 atom stereocenters. The summed E-state index contributed by atoms with van der Waals surface area (Å²) in [4.78, 5) is 25.3. The predicted molar refractivity (Wildman–Crippen MR) is 80.3 cm³/mol. The van der Waals surface area contributed by atoms with Crippen molar-refractivity contribution < 1.29 is 9.72 Å². The number of nitrogens with two attached hydrogens (primary N) is 1. The third-order valence-electron chi connectivity index (χ3n) is 2.69. The van der Waals surface area contributed by atoms with Gasteiger partial charge in [0.05, 0.1) is 10.6 Å². The molecule has 2 aromatic rings. The van der Waals surface area contributed by atoms with Crippen molar-refractivity contribution in [1.82, 2.24) is 0 Å². The summed E-state index contributed by atoms with van der Waals surface area (Å²) in [6, 6.07) is 10.4. The molecule has 0 bridgehead atoms. The molecule has 0 aliphatic rings. The number of aliphatic imine (C=N–C) groups is 1. The van der Waals surface area contributed by atoms with Crippen LogP contribution < -0.4 is 5.73 Å². The lowest BCUT2D eigenvalue weighted by atomic mass is 10.2. The number of rotatable bonds is 4. The van der Waals surface area contributed by atoms with Crippen LogP contribution in [0, 0.1) is 10.1 Å². The van der Waals surface area contributed by atoms with E-state index in [9.17, 15) is 14.9 Å². The highest BCUT2D eigenvalue weighted by Gasteiger charge is 2.08. The molecule has 2 N–H and O–H groups in total. The zero-order valence-corrected chi connectivity index (χ0v) is 11.4. The van der Waals surface area contributed by atoms with Crippen LogP contribution in [0.2, 0.25) is 5.02 Å². The summed E-state index contributed by atoms with van der Waals surface area (Å²) in [5, 5.41) is 11.1. The lowest BCUT2D eigenvalue weighted by molar-refractivity contribution is -0.384. The molecule has 0 unspecified atom stereocenters. The Morgan fingerprint density at radius 1 is 1.24 bits per heavy atom. The number of hydrogen-bond donors (Lipinski definition) is 1. The molecule has 0 aromatic heterocycles. The second-order valence-corrected chi connectivity index (χ2v) is 4.54. The van der Waals surface area contributed by atoms with Crippen molar-refractivity contribution in [2.24, 2.45) is 10.7 Å². The fourth-order valence-corrected chi connectivity index (χ4v) is 1.77. The summed E-state index contributed by atoms with van der Waals surface area (Å²) < 4.78 is 0. The molecule has 0 saturated heterocycles. The van der Waals surface area contributed by atoms with Crippen molar-refractivity contribution in [1.29, 1.82) is 0 Å². The maximum Gasteiger partial charge on any atom is 0.270 e. The second kappa shape index (κ2) is 6.15. The van der Waals surface area contributed by atoms with E-state index < -0.39 is 10.8 Å². The third-order valence-corrected chi connectivity index (χ3v) is 3.04. The van der Waals surface area contributed by atoms with Crippen LogP contribution in [0.3, 0.4) is 0 Å². The minimum absolute atomic E-state index is 0.0649. The highest BCUT2D eigenvalue weighted by molar-refractivity contribution is 6.33. The fourth-order valence-electron chi connectivity index (χ4n) is 1.60. The molecule has 0 heterocycles. The van der Waals surface area contributed by atoms with Gasteiger partial charge >= 0.3 is 0 Å². The molecule has 0 aliphatic heterocycles. The highest BCUT2D eigenvalue weighted by Crippen LogP contribution is 2.21. The van der Waals surface area contributed by atoms with Gasteiger partial charge in [-0.3, -0.25) is 19.9 Å². The van der Waals surface area contributed by atoms with Gasteiger partial charge in [0.15, 0.2) is 0 Å². The minimum Gasteiger partial charge on any atom is -0.366 e. The third kappa shape index (κ3) is 3.64. The Labute approximate surface area is 125 Å². The number of nitro benzene ring substituents is 1. The molecule has 0 spiro atoms. The topological polar surface area (TPSA) is 98.6 Å². The Morgan fingerprint density at radius 2 is 1.90 bits per heavy atom. The SMILES string of the molecule is NC(=O)c1ccc(/N=C/c2cc([N+](=O)[O-])ccc2Cl)cc1. The quantitative estimate of drug-likeness (QED) is 0.533. The Hall–Kier alpha value is -2.73. The van der Waals surface area contributed by atoms with E-state index in [4.69, 9.17) is 17.3 Å². The van der Waals surface area contributed by atoms with E-state index in [2.05, 4.69) is 4.99 Å². The number of halogens is 1. The van der Waals surface area contributed by atoms with Gasteiger partial charge in [-0.05, 0) is 30.3 Å². The lowest BCUT2D eigenvalue weighted by Crippen LogP contribution is -2.10. The predicted octanol–water partition coefficient (Wildman–Crippen LogP) is 3.10. The minimum atomic E-state index is -0.521. The van der Waals surface area contributed by atoms with Gasteiger partial charge in [-0.15, -0.1) is 0 Å². The smallest absolute Gasteiger partial charge is 0.270 e. The maximum atomic E-state index is 10.9. The van der Waals surface area contributed by atoms with Crippen molar-refractivity contribution in [2.75, 3.05) is 0 Å². The summed E-state index contributed by atoms with van der Waals surface area (Å²) in [6.45, 7) is 0. The number of amides is 1. The molecule has 1 amide bonds. The number of carbonyl (C=O) groups is 1. The summed E-state index contributed by atoms with van der Waals surface area (Å²) >= 11 is 5.96. The Balaban J connectivity index is 2.26. The number of nitro groups is 1. The number of primary amides is 1. The maximum absolute atomic E-state index is 10.9. The van der Waals surface area contributed by atoms with Crippen molar-refractivity contribution in [3.05, 3.63) is 68.7 Å². The van der Waals surface area contributed by atoms with E-state index in [0.29, 0.717) is 21.8 Å². The van der Waals surface area contributed by atoms with E-state index in [-0.39, 0.29) is 5.69 Å². The van der Waals surface area contributed by atoms with Gasteiger partial charge in [0.2, 0.25) is 5.91 Å². The molecule has 2 aromatic carbocycles. The van der Waals surface area contributed by atoms with Crippen LogP contribution in [0.1, 0.15) is 15.9 Å². The lowest BCUT2D eigenvalue weighted by Gasteiger charge is -1.99. The molecular weight excluding hydrogens is 294 g/mol. The van der Waals surface area contributed by atoms with Gasteiger partial charge in [0.1, 0.15) is 0 Å². The largest absolute Gasteiger partial charge is 0.366 e. The molecule has 0 saturated carbocycles. The summed E-state index contributed by atoms with van der Waals surface area (Å²) in [7, 11) is 0. The number of hydrogen-bond acceptors (Lipinski definition) is 4. The second-order valence-electron chi connectivity index (χ2n) is 4.13. The standard InChI is InChI=1S/C14H10ClN3O3/c15-13-6-5-12(18(20)21)7-10(13)8-17-11-3-1-9(2-4-11)14(16)19/h1-8H,(H2,16,19)/b17-8+. The first-order valence-corrected chi connectivity index (χ1v) is 6.23. The monoisotopic (exact) mass is 303 g/mol. The first kappa shape index (κ1) is 14.7. The van der Waals surface area contributed by atoms with E-state index in [1.54, 1.807) is 24.3 Å². The van der Waals surface area contributed by atoms with Crippen LogP contribution in [-0.4, -0.2) is 17.0 Å². The van der Waals surface area contributed by atoms with Crippen LogP contribution in [0.15, 0.2) is 47.5 Å². The first-order chi connectivity index (χ1) is 9.97. The van der Waals surface area contributed by atoms with Crippen molar-refractivity contribution in [3.8, 4) is 0 Å². The van der Waals surface area contributed by atoms with E-state index >= 15 is 0 Å². The molecule has 0 fully saturated rings. The van der Waals surface area contributed by atoms with Crippen LogP contribution in [-0.2, 0) is 0 Å². The Bertz CT molecular complexity index is 727. The average molecular weight is 304 g/mol. The molecule has 106 valence electrons. The normalized spacial score (nSPS) is 10.7. The Morgan fingerprint density at radius 3 is 2.48 bits per heavy atom. The van der Waals surface area contributed by atoms with Gasteiger partial charge in [-0.2, -0.15) is 0 Å². The van der Waals surface area contributed by atoms with Crippen LogP contribution in [0.5, 0.6) is 0 Å². The Kier molecular flexibility index (Phi) is 4.30. The molecule has 0 radical (unpaired) electrons. The molecule has 2 rings (SSSR count). The van der Waals surface area contributed by atoms with E-state index in [0.717, 1.165) is 0 Å². The summed E-state index contributed by atoms with van der Waals surface area (Å²) in [5.74, 6) is -0.521. The first-order valence-electron chi connectivity index (χ1n) is 5.85. The number of nitrogens with zero attached hydrogens (tertiary/aromatic N) is 2. The van der Waals surface area contributed by atoms with Crippen molar-refractivity contribution >= 4 is 35.1 Å². The van der Waals surface area contributed by atoms with Gasteiger partial charge in [0.25, 0.3) is 5.69 Å². The van der Waals surface area contributed by atoms with Gasteiger partial charge in [-0.25, -0.2) is 0 Å². The molecule has 21 heavy (non-hydrogen) atoms. The van der Waals surface area contributed by atoms with Crippen molar-refractivity contribution in [2.45, 2.75) is 0 Å². The zero-order valence-electron chi connectivity index (χ0n) is 10.7. The van der Waals surface area contributed by atoms with Gasteiger partial charge in [-0.1, -0.05) is 11.6 Å². The number of non-ortho nitro benzene ring substituents is 1. The fraction of sp³-hybridized carbons (Fsp3) is 0. The van der Waals surface area contributed by atoms with Crippen LogP contribution in [0.4, 0.5) is 11.4 Å². The van der Waals surface area contributed by atoms with Gasteiger partial charge in [0, 0.05) is 34.5 Å². The van der Waals surface area contributed by atoms with E-state index in [1.165, 1.54) is 24.4 Å². The molecule has 6 nitrogen and oxygen atoms in total. The number of benzene rings is 2. The summed E-state index contributed by atoms with van der Waals surface area (Å²) in [6.07, 6.45) is 1.43. The highest BCUT2D eigenvalue weighted by atomic mass is 35.5. The van der Waals surface area contributed by atoms with Crippen molar-refractivity contribution in [3.63, 3.8) is 0 Å². The zero-order chi connectivity index (χ0) is 15.4. The molecule has 7 heteroatoms. The van der Waals surface area contributed by atoms with Crippen LogP contribution >= 0.6 is 11.6 Å². The molecular formula is C14H10ClN3O3. The van der Waals surface area contributed by atoms with Crippen LogP contribution in [0.25, 0.3) is 0 Å². The average Bonchev–Trinajstić information content (AvgIpc) is 2.46. The van der Waals surface area contributed by atoms with Gasteiger partial charge < -0.3 is 5.73 Å².